The van der Waals surface area contributed by atoms with Gasteiger partial charge in [-0.15, -0.1) is 0 Å². The molecule has 3 nitrogen and oxygen atoms in total. The number of hydrogen-bond acceptors (Lipinski definition) is 2. The zero-order valence-corrected chi connectivity index (χ0v) is 21.1. The topological polar surface area (TPSA) is 46.5 Å². The van der Waals surface area contributed by atoms with Crippen LogP contribution in [0, 0.1) is 45.3 Å². The molecule has 3 saturated carbocycles. The molecular formula is C28H46O3. The van der Waals surface area contributed by atoms with E-state index in [-0.39, 0.29) is 5.41 Å². The first kappa shape index (κ1) is 23.3. The fourth-order valence-corrected chi connectivity index (χ4v) is 9.63. The van der Waals surface area contributed by atoms with Crippen molar-refractivity contribution in [1.82, 2.24) is 0 Å². The van der Waals surface area contributed by atoms with E-state index < -0.39 is 5.97 Å². The normalized spacial score (nSPS) is 47.0. The van der Waals surface area contributed by atoms with Gasteiger partial charge in [0.1, 0.15) is 0 Å². The van der Waals surface area contributed by atoms with Gasteiger partial charge in [-0.2, -0.15) is 0 Å². The summed E-state index contributed by atoms with van der Waals surface area (Å²) in [6, 6.07) is 0. The van der Waals surface area contributed by atoms with E-state index in [1.807, 2.05) is 7.11 Å². The number of fused-ring (bicyclic) bond motifs is 5. The first-order valence-electron chi connectivity index (χ1n) is 12.9. The van der Waals surface area contributed by atoms with Crippen LogP contribution in [0.1, 0.15) is 99.3 Å². The summed E-state index contributed by atoms with van der Waals surface area (Å²) in [4.78, 5) is 11.2. The predicted octanol–water partition coefficient (Wildman–Crippen LogP) is 7.11. The van der Waals surface area contributed by atoms with E-state index in [0.29, 0.717) is 52.4 Å². The number of rotatable bonds is 5. The average molecular weight is 431 g/mol. The second-order valence-corrected chi connectivity index (χ2v) is 12.9. The van der Waals surface area contributed by atoms with E-state index in [0.717, 1.165) is 6.42 Å². The monoisotopic (exact) mass is 430 g/mol. The predicted molar refractivity (Wildman–Crippen MR) is 126 cm³/mol. The minimum atomic E-state index is -0.649. The maximum Gasteiger partial charge on any atom is 0.303 e. The molecule has 4 rings (SSSR count). The molecule has 0 radical (unpaired) electrons. The van der Waals surface area contributed by atoms with Crippen LogP contribution in [0.25, 0.3) is 0 Å². The van der Waals surface area contributed by atoms with Crippen molar-refractivity contribution in [2.24, 2.45) is 45.3 Å². The minimum Gasteiger partial charge on any atom is -0.481 e. The Kier molecular flexibility index (Phi) is 5.72. The lowest BCUT2D eigenvalue weighted by Crippen LogP contribution is -2.58. The minimum absolute atomic E-state index is 0.221. The zero-order chi connectivity index (χ0) is 22.8. The number of methoxy groups -OCH3 is 1. The summed E-state index contributed by atoms with van der Waals surface area (Å²) in [6.07, 6.45) is 13.0. The Morgan fingerprint density at radius 1 is 1.10 bits per heavy atom. The SMILES string of the molecule is CO[C@@H]1CC[C@]2(C)C3=CC[C@]4(C)[C@@H]([C@H](C)CCC(=O)O)CC[C@@]4(C)[C@@H]3CCC2C1(C)C. The number of allylic oxidation sites excluding steroid dienone is 2. The summed E-state index contributed by atoms with van der Waals surface area (Å²) < 4.78 is 5.96. The first-order chi connectivity index (χ1) is 14.4. The Morgan fingerprint density at radius 2 is 1.81 bits per heavy atom. The fraction of sp³-hybridized carbons (Fsp3) is 0.893. The second kappa shape index (κ2) is 7.61. The van der Waals surface area contributed by atoms with E-state index >= 15 is 0 Å². The highest BCUT2D eigenvalue weighted by molar-refractivity contribution is 5.66. The van der Waals surface area contributed by atoms with E-state index in [2.05, 4.69) is 47.6 Å². The highest BCUT2D eigenvalue weighted by Crippen LogP contribution is 2.73. The van der Waals surface area contributed by atoms with Crippen LogP contribution in [-0.4, -0.2) is 24.3 Å². The third-order valence-corrected chi connectivity index (χ3v) is 11.6. The second-order valence-electron chi connectivity index (χ2n) is 12.9. The zero-order valence-electron chi connectivity index (χ0n) is 21.1. The lowest BCUT2D eigenvalue weighted by molar-refractivity contribution is -0.137. The number of hydrogen-bond donors (Lipinski definition) is 1. The molecule has 0 aromatic carbocycles. The number of carbonyl (C=O) groups is 1. The number of aliphatic carboxylic acids is 1. The van der Waals surface area contributed by atoms with Gasteiger partial charge in [0.25, 0.3) is 0 Å². The molecule has 0 heterocycles. The van der Waals surface area contributed by atoms with Gasteiger partial charge in [0.2, 0.25) is 0 Å². The van der Waals surface area contributed by atoms with Crippen molar-refractivity contribution in [1.29, 1.82) is 0 Å². The summed E-state index contributed by atoms with van der Waals surface area (Å²) in [6.45, 7) is 15.0. The van der Waals surface area contributed by atoms with Crippen molar-refractivity contribution < 1.29 is 14.6 Å². The van der Waals surface area contributed by atoms with Crippen molar-refractivity contribution in [3.63, 3.8) is 0 Å². The van der Waals surface area contributed by atoms with Gasteiger partial charge in [-0.25, -0.2) is 0 Å². The Morgan fingerprint density at radius 3 is 2.45 bits per heavy atom. The molecule has 8 atom stereocenters. The summed E-state index contributed by atoms with van der Waals surface area (Å²) in [7, 11) is 1.90. The van der Waals surface area contributed by atoms with Crippen LogP contribution < -0.4 is 0 Å². The Hall–Kier alpha value is -0.830. The fourth-order valence-electron chi connectivity index (χ4n) is 9.63. The van der Waals surface area contributed by atoms with E-state index in [9.17, 15) is 9.90 Å². The molecule has 176 valence electrons. The Balaban J connectivity index is 1.65. The molecule has 0 aromatic rings. The summed E-state index contributed by atoms with van der Waals surface area (Å²) in [5.41, 5.74) is 2.94. The molecule has 4 aliphatic rings. The highest BCUT2D eigenvalue weighted by Gasteiger charge is 2.65. The molecule has 1 unspecified atom stereocenters. The van der Waals surface area contributed by atoms with Crippen LogP contribution in [0.4, 0.5) is 0 Å². The molecule has 0 aromatic heterocycles. The maximum absolute atomic E-state index is 11.2. The van der Waals surface area contributed by atoms with Crippen LogP contribution in [0.15, 0.2) is 11.6 Å². The molecular weight excluding hydrogens is 384 g/mol. The maximum atomic E-state index is 11.2. The van der Waals surface area contributed by atoms with Crippen LogP contribution >= 0.6 is 0 Å². The Bertz CT molecular complexity index is 753. The van der Waals surface area contributed by atoms with Crippen LogP contribution in [0.2, 0.25) is 0 Å². The van der Waals surface area contributed by atoms with E-state index in [1.54, 1.807) is 5.57 Å². The molecule has 31 heavy (non-hydrogen) atoms. The largest absolute Gasteiger partial charge is 0.481 e. The Labute approximate surface area is 190 Å². The van der Waals surface area contributed by atoms with Crippen molar-refractivity contribution in [3.05, 3.63) is 11.6 Å². The molecule has 3 heteroatoms. The first-order valence-corrected chi connectivity index (χ1v) is 12.9. The van der Waals surface area contributed by atoms with Crippen molar-refractivity contribution in [2.75, 3.05) is 7.11 Å². The molecule has 0 amide bonds. The van der Waals surface area contributed by atoms with Crippen molar-refractivity contribution >= 4 is 5.97 Å². The number of ether oxygens (including phenoxy) is 1. The van der Waals surface area contributed by atoms with Gasteiger partial charge in [-0.05, 0) is 96.7 Å². The lowest BCUT2D eigenvalue weighted by atomic mass is 9.41. The highest BCUT2D eigenvalue weighted by atomic mass is 16.5. The van der Waals surface area contributed by atoms with Crippen molar-refractivity contribution in [3.8, 4) is 0 Å². The van der Waals surface area contributed by atoms with Crippen LogP contribution in [-0.2, 0) is 9.53 Å². The quantitative estimate of drug-likeness (QED) is 0.473. The molecule has 0 aliphatic heterocycles. The van der Waals surface area contributed by atoms with Gasteiger partial charge < -0.3 is 9.84 Å². The number of carboxylic acid groups (broad SMARTS) is 1. The summed E-state index contributed by atoms with van der Waals surface area (Å²) in [5.74, 6) is 1.87. The van der Waals surface area contributed by atoms with E-state index in [4.69, 9.17) is 4.74 Å². The molecule has 0 saturated heterocycles. The van der Waals surface area contributed by atoms with Gasteiger partial charge in [-0.3, -0.25) is 4.79 Å². The average Bonchev–Trinajstić information content (AvgIpc) is 2.97. The number of carboxylic acids is 1. The molecule has 4 aliphatic carbocycles. The standard InChI is InChI=1S/C28H46O3/c1-18(8-11-24(29)30)19-12-16-28(6)21-9-10-22-25(2,3)23(31-7)14-15-26(22,4)20(21)13-17-27(19,28)5/h13,18-19,21-23H,8-12,14-17H2,1-7H3,(H,29,30)/t18-,19-,21-,22?,23-,26-,27-,28+/m1/s1. The lowest BCUT2D eigenvalue weighted by Gasteiger charge is -2.64. The van der Waals surface area contributed by atoms with Gasteiger partial charge in [0.15, 0.2) is 0 Å². The van der Waals surface area contributed by atoms with Gasteiger partial charge in [-0.1, -0.05) is 53.2 Å². The molecule has 1 N–H and O–H groups in total. The third-order valence-electron chi connectivity index (χ3n) is 11.6. The molecule has 0 bridgehead atoms. The van der Waals surface area contributed by atoms with Gasteiger partial charge >= 0.3 is 5.97 Å². The summed E-state index contributed by atoms with van der Waals surface area (Å²) in [5, 5.41) is 9.21. The molecule has 0 spiro atoms. The van der Waals surface area contributed by atoms with Crippen LogP contribution in [0.5, 0.6) is 0 Å². The molecule has 3 fully saturated rings. The van der Waals surface area contributed by atoms with E-state index in [1.165, 1.54) is 44.9 Å². The third kappa shape index (κ3) is 3.19. The smallest absolute Gasteiger partial charge is 0.303 e. The summed E-state index contributed by atoms with van der Waals surface area (Å²) >= 11 is 0. The van der Waals surface area contributed by atoms with Gasteiger partial charge in [0, 0.05) is 13.5 Å². The van der Waals surface area contributed by atoms with Crippen molar-refractivity contribution in [2.45, 2.75) is 105 Å². The van der Waals surface area contributed by atoms with Crippen LogP contribution in [0.3, 0.4) is 0 Å². The van der Waals surface area contributed by atoms with Gasteiger partial charge in [0.05, 0.1) is 6.10 Å².